The number of benzene rings is 1. The van der Waals surface area contributed by atoms with Gasteiger partial charge in [-0.2, -0.15) is 13.2 Å². The minimum absolute atomic E-state index is 0.0889. The van der Waals surface area contributed by atoms with Crippen LogP contribution in [0.1, 0.15) is 24.8 Å². The SMILES string of the molecule is Nc1cc(C(F)(F)F)ccc1S(=O)CC1CCCCO1. The van der Waals surface area contributed by atoms with Gasteiger partial charge in [0.1, 0.15) is 0 Å². The van der Waals surface area contributed by atoms with E-state index in [4.69, 9.17) is 10.5 Å². The first-order valence-electron chi connectivity index (χ1n) is 6.34. The molecule has 1 aromatic rings. The van der Waals surface area contributed by atoms with Crippen LogP contribution < -0.4 is 5.73 Å². The van der Waals surface area contributed by atoms with Gasteiger partial charge in [0.2, 0.25) is 0 Å². The van der Waals surface area contributed by atoms with Crippen molar-refractivity contribution in [3.63, 3.8) is 0 Å². The summed E-state index contributed by atoms with van der Waals surface area (Å²) in [7, 11) is -1.44. The lowest BCUT2D eigenvalue weighted by molar-refractivity contribution is -0.137. The second kappa shape index (κ2) is 6.13. The smallest absolute Gasteiger partial charge is 0.398 e. The Morgan fingerprint density at radius 1 is 1.35 bits per heavy atom. The predicted molar refractivity (Wildman–Crippen MR) is 70.7 cm³/mol. The van der Waals surface area contributed by atoms with E-state index in [0.717, 1.165) is 31.4 Å². The first-order valence-corrected chi connectivity index (χ1v) is 7.66. The highest BCUT2D eigenvalue weighted by molar-refractivity contribution is 7.85. The van der Waals surface area contributed by atoms with Crippen LogP contribution in [0.3, 0.4) is 0 Å². The maximum absolute atomic E-state index is 12.5. The molecule has 2 atom stereocenters. The molecule has 1 aliphatic rings. The van der Waals surface area contributed by atoms with Crippen molar-refractivity contribution in [3.05, 3.63) is 23.8 Å². The number of halogens is 3. The van der Waals surface area contributed by atoms with Crippen LogP contribution in [0.5, 0.6) is 0 Å². The van der Waals surface area contributed by atoms with Crippen molar-refractivity contribution < 1.29 is 22.1 Å². The third-order valence-corrected chi connectivity index (χ3v) is 4.73. The number of nitrogen functional groups attached to an aromatic ring is 1. The van der Waals surface area contributed by atoms with Gasteiger partial charge in [-0.15, -0.1) is 0 Å². The van der Waals surface area contributed by atoms with Gasteiger partial charge >= 0.3 is 6.18 Å². The molecule has 0 saturated carbocycles. The normalized spacial score (nSPS) is 21.6. The van der Waals surface area contributed by atoms with E-state index in [0.29, 0.717) is 6.61 Å². The molecule has 1 aromatic carbocycles. The molecular formula is C13H16F3NO2S. The average Bonchev–Trinajstić information content (AvgIpc) is 2.38. The maximum atomic E-state index is 12.5. The number of ether oxygens (including phenoxy) is 1. The summed E-state index contributed by atoms with van der Waals surface area (Å²) in [5, 5.41) is 0. The van der Waals surface area contributed by atoms with Crippen LogP contribution in [0.25, 0.3) is 0 Å². The van der Waals surface area contributed by atoms with Gasteiger partial charge in [-0.3, -0.25) is 4.21 Å². The van der Waals surface area contributed by atoms with Crippen LogP contribution >= 0.6 is 0 Å². The standard InChI is InChI=1S/C13H16F3NO2S/c14-13(15,16)9-4-5-12(11(17)7-9)20(18)8-10-3-1-2-6-19-10/h4-5,7,10H,1-3,6,8,17H2. The topological polar surface area (TPSA) is 52.3 Å². The highest BCUT2D eigenvalue weighted by Gasteiger charge is 2.31. The molecule has 0 radical (unpaired) electrons. The van der Waals surface area contributed by atoms with Crippen molar-refractivity contribution in [2.24, 2.45) is 0 Å². The van der Waals surface area contributed by atoms with Crippen LogP contribution in [0.2, 0.25) is 0 Å². The van der Waals surface area contributed by atoms with Crippen LogP contribution in [0.4, 0.5) is 18.9 Å². The predicted octanol–water partition coefficient (Wildman–Crippen LogP) is 2.96. The zero-order valence-electron chi connectivity index (χ0n) is 10.8. The Morgan fingerprint density at radius 3 is 2.65 bits per heavy atom. The molecule has 0 spiro atoms. The minimum Gasteiger partial charge on any atom is -0.398 e. The van der Waals surface area contributed by atoms with Crippen LogP contribution in [0, 0.1) is 0 Å². The van der Waals surface area contributed by atoms with Gasteiger partial charge in [0.25, 0.3) is 0 Å². The van der Waals surface area contributed by atoms with Gasteiger partial charge in [0.05, 0.1) is 33.1 Å². The summed E-state index contributed by atoms with van der Waals surface area (Å²) in [5.74, 6) is 0.273. The van der Waals surface area contributed by atoms with Gasteiger partial charge in [-0.1, -0.05) is 0 Å². The second-order valence-corrected chi connectivity index (χ2v) is 6.22. The molecule has 1 heterocycles. The molecule has 112 valence electrons. The lowest BCUT2D eigenvalue weighted by atomic mass is 10.1. The second-order valence-electron chi connectivity index (χ2n) is 4.75. The summed E-state index contributed by atoms with van der Waals surface area (Å²) in [4.78, 5) is 0.243. The summed E-state index contributed by atoms with van der Waals surface area (Å²) in [6, 6.07) is 2.93. The van der Waals surface area contributed by atoms with Crippen molar-refractivity contribution in [1.82, 2.24) is 0 Å². The maximum Gasteiger partial charge on any atom is 0.416 e. The average molecular weight is 307 g/mol. The van der Waals surface area contributed by atoms with Gasteiger partial charge in [-0.05, 0) is 37.5 Å². The first-order chi connectivity index (χ1) is 9.38. The Balaban J connectivity index is 2.10. The molecule has 1 aliphatic heterocycles. The summed E-state index contributed by atoms with van der Waals surface area (Å²) in [6.07, 6.45) is -1.71. The number of nitrogens with two attached hydrogens (primary N) is 1. The van der Waals surface area contributed by atoms with E-state index in [1.54, 1.807) is 0 Å². The molecule has 1 fully saturated rings. The van der Waals surface area contributed by atoms with Gasteiger partial charge in [0, 0.05) is 12.3 Å². The van der Waals surface area contributed by atoms with Crippen molar-refractivity contribution in [1.29, 1.82) is 0 Å². The Bertz CT molecular complexity index is 499. The van der Waals surface area contributed by atoms with E-state index in [1.807, 2.05) is 0 Å². The third kappa shape index (κ3) is 3.73. The highest BCUT2D eigenvalue weighted by Crippen LogP contribution is 2.32. The molecule has 3 nitrogen and oxygen atoms in total. The number of alkyl halides is 3. The number of hydrogen-bond acceptors (Lipinski definition) is 3. The molecular weight excluding hydrogens is 291 g/mol. The molecule has 0 bridgehead atoms. The zero-order valence-corrected chi connectivity index (χ0v) is 11.6. The molecule has 7 heteroatoms. The van der Waals surface area contributed by atoms with E-state index >= 15 is 0 Å². The molecule has 0 amide bonds. The Morgan fingerprint density at radius 2 is 2.10 bits per heavy atom. The van der Waals surface area contributed by atoms with Gasteiger partial charge < -0.3 is 10.5 Å². The van der Waals surface area contributed by atoms with E-state index in [1.165, 1.54) is 6.07 Å². The number of hydrogen-bond donors (Lipinski definition) is 1. The Labute approximate surface area is 117 Å². The third-order valence-electron chi connectivity index (χ3n) is 3.19. The number of rotatable bonds is 3. The Hall–Kier alpha value is -1.08. The van der Waals surface area contributed by atoms with E-state index in [9.17, 15) is 17.4 Å². The van der Waals surface area contributed by atoms with E-state index in [2.05, 4.69) is 0 Å². The zero-order chi connectivity index (χ0) is 14.8. The van der Waals surface area contributed by atoms with Crippen molar-refractivity contribution in [2.45, 2.75) is 36.4 Å². The van der Waals surface area contributed by atoms with Gasteiger partial charge in [-0.25, -0.2) is 0 Å². The fraction of sp³-hybridized carbons (Fsp3) is 0.538. The van der Waals surface area contributed by atoms with Gasteiger partial charge in [0.15, 0.2) is 0 Å². The van der Waals surface area contributed by atoms with Crippen LogP contribution in [0.15, 0.2) is 23.1 Å². The highest BCUT2D eigenvalue weighted by atomic mass is 32.2. The van der Waals surface area contributed by atoms with Crippen molar-refractivity contribution in [3.8, 4) is 0 Å². The van der Waals surface area contributed by atoms with Crippen LogP contribution in [-0.2, 0) is 21.7 Å². The monoisotopic (exact) mass is 307 g/mol. The fourth-order valence-corrected chi connectivity index (χ4v) is 3.45. The lowest BCUT2D eigenvalue weighted by Gasteiger charge is -2.22. The van der Waals surface area contributed by atoms with Crippen molar-refractivity contribution in [2.75, 3.05) is 18.1 Å². The number of anilines is 1. The quantitative estimate of drug-likeness (QED) is 0.874. The summed E-state index contributed by atoms with van der Waals surface area (Å²) >= 11 is 0. The minimum atomic E-state index is -4.44. The summed E-state index contributed by atoms with van der Waals surface area (Å²) < 4.78 is 55.2. The lowest BCUT2D eigenvalue weighted by Crippen LogP contribution is -2.25. The first kappa shape index (κ1) is 15.3. The van der Waals surface area contributed by atoms with E-state index < -0.39 is 22.5 Å². The Kier molecular flexibility index (Phi) is 4.70. The fourth-order valence-electron chi connectivity index (χ4n) is 2.13. The molecule has 2 N–H and O–H groups in total. The molecule has 2 unspecified atom stereocenters. The molecule has 2 rings (SSSR count). The largest absolute Gasteiger partial charge is 0.416 e. The molecule has 0 aliphatic carbocycles. The van der Waals surface area contributed by atoms with Crippen molar-refractivity contribution >= 4 is 16.5 Å². The molecule has 1 saturated heterocycles. The molecule has 0 aromatic heterocycles. The van der Waals surface area contributed by atoms with E-state index in [-0.39, 0.29) is 22.4 Å². The summed E-state index contributed by atoms with van der Waals surface area (Å²) in [5.41, 5.74) is 4.67. The molecule has 20 heavy (non-hydrogen) atoms. The van der Waals surface area contributed by atoms with Crippen LogP contribution in [-0.4, -0.2) is 22.7 Å². The summed E-state index contributed by atoms with van der Waals surface area (Å²) in [6.45, 7) is 0.643.